The number of rotatable bonds is 4. The Hall–Kier alpha value is -4.15. The number of carbonyl (C=O) groups excluding carboxylic acids is 1. The number of carbonyl (C=O) groups is 1. The van der Waals surface area contributed by atoms with Gasteiger partial charge in [0.2, 0.25) is 5.91 Å². The molecule has 6 heterocycles. The fourth-order valence-corrected chi connectivity index (χ4v) is 5.06. The molecule has 0 aliphatic carbocycles. The van der Waals surface area contributed by atoms with Crippen LogP contribution in [0.2, 0.25) is 0 Å². The lowest BCUT2D eigenvalue weighted by molar-refractivity contribution is -0.129. The van der Waals surface area contributed by atoms with Gasteiger partial charge in [0.15, 0.2) is 17.3 Å². The van der Waals surface area contributed by atoms with Gasteiger partial charge >= 0.3 is 6.01 Å². The zero-order valence-electron chi connectivity index (χ0n) is 20.0. The summed E-state index contributed by atoms with van der Waals surface area (Å²) in [6.07, 6.45) is 5.26. The van der Waals surface area contributed by atoms with Crippen LogP contribution in [0.1, 0.15) is 29.8 Å². The molecule has 1 amide bonds. The molecule has 1 atom stereocenters. The van der Waals surface area contributed by atoms with Crippen LogP contribution in [0.25, 0.3) is 17.0 Å². The van der Waals surface area contributed by atoms with Crippen molar-refractivity contribution in [1.82, 2.24) is 34.4 Å². The molecule has 184 valence electrons. The second-order valence-corrected chi connectivity index (χ2v) is 9.37. The SMILES string of the molecule is COc1ncc(F)c(CC(=O)N2CC[C@@]3(CCc4cc(-c5nc6ccccn6n5)c(C)nc4N3)C2)n1. The summed E-state index contributed by atoms with van der Waals surface area (Å²) in [5, 5.41) is 8.23. The van der Waals surface area contributed by atoms with Gasteiger partial charge in [0, 0.05) is 24.8 Å². The highest BCUT2D eigenvalue weighted by Gasteiger charge is 2.42. The second kappa shape index (κ2) is 8.51. The third kappa shape index (κ3) is 3.90. The Morgan fingerprint density at radius 3 is 2.97 bits per heavy atom. The Morgan fingerprint density at radius 2 is 2.14 bits per heavy atom. The molecule has 0 bridgehead atoms. The molecular formula is C25H25FN8O2. The number of likely N-dealkylation sites (tertiary alicyclic amines) is 1. The smallest absolute Gasteiger partial charge is 0.316 e. The number of fused-ring (bicyclic) bond motifs is 2. The van der Waals surface area contributed by atoms with Crippen LogP contribution in [0.5, 0.6) is 6.01 Å². The second-order valence-electron chi connectivity index (χ2n) is 9.37. The average Bonchev–Trinajstić information content (AvgIpc) is 3.49. The summed E-state index contributed by atoms with van der Waals surface area (Å²) < 4.78 is 20.9. The number of hydrogen-bond donors (Lipinski definition) is 1. The maximum absolute atomic E-state index is 14.1. The summed E-state index contributed by atoms with van der Waals surface area (Å²) in [6.45, 7) is 3.08. The summed E-state index contributed by atoms with van der Waals surface area (Å²) in [6, 6.07) is 7.94. The van der Waals surface area contributed by atoms with Gasteiger partial charge in [-0.15, -0.1) is 5.10 Å². The van der Waals surface area contributed by atoms with E-state index < -0.39 is 5.82 Å². The van der Waals surface area contributed by atoms with E-state index in [1.807, 2.05) is 31.3 Å². The molecule has 4 aromatic heterocycles. The van der Waals surface area contributed by atoms with E-state index in [1.54, 1.807) is 9.42 Å². The molecular weight excluding hydrogens is 463 g/mol. The molecule has 0 unspecified atom stereocenters. The summed E-state index contributed by atoms with van der Waals surface area (Å²) in [5.74, 6) is 0.711. The molecule has 10 nitrogen and oxygen atoms in total. The number of methoxy groups -OCH3 is 1. The normalized spacial score (nSPS) is 18.9. The summed E-state index contributed by atoms with van der Waals surface area (Å²) in [7, 11) is 1.41. The minimum atomic E-state index is -0.613. The predicted octanol–water partition coefficient (Wildman–Crippen LogP) is 2.61. The highest BCUT2D eigenvalue weighted by atomic mass is 19.1. The molecule has 0 radical (unpaired) electrons. The van der Waals surface area contributed by atoms with Crippen LogP contribution in [0.4, 0.5) is 10.2 Å². The minimum absolute atomic E-state index is 0.0418. The van der Waals surface area contributed by atoms with Crippen LogP contribution < -0.4 is 10.1 Å². The number of aryl methyl sites for hydroxylation is 2. The monoisotopic (exact) mass is 488 g/mol. The van der Waals surface area contributed by atoms with E-state index in [9.17, 15) is 9.18 Å². The van der Waals surface area contributed by atoms with Crippen LogP contribution in [-0.2, 0) is 17.6 Å². The number of ether oxygens (including phenoxy) is 1. The lowest BCUT2D eigenvalue weighted by Gasteiger charge is -2.36. The van der Waals surface area contributed by atoms with Crippen LogP contribution in [0.3, 0.4) is 0 Å². The molecule has 0 saturated carbocycles. The van der Waals surface area contributed by atoms with E-state index in [-0.39, 0.29) is 29.6 Å². The Kier molecular flexibility index (Phi) is 5.27. The van der Waals surface area contributed by atoms with Crippen molar-refractivity contribution in [3.63, 3.8) is 0 Å². The number of hydrogen-bond acceptors (Lipinski definition) is 8. The van der Waals surface area contributed by atoms with Gasteiger partial charge < -0.3 is 15.0 Å². The minimum Gasteiger partial charge on any atom is -0.467 e. The molecule has 1 spiro atoms. The maximum Gasteiger partial charge on any atom is 0.316 e. The zero-order chi connectivity index (χ0) is 24.9. The van der Waals surface area contributed by atoms with Crippen molar-refractivity contribution < 1.29 is 13.9 Å². The van der Waals surface area contributed by atoms with Crippen LogP contribution in [-0.4, -0.2) is 66.1 Å². The molecule has 4 aromatic rings. The number of halogens is 1. The van der Waals surface area contributed by atoms with Crippen LogP contribution >= 0.6 is 0 Å². The molecule has 2 aliphatic heterocycles. The largest absolute Gasteiger partial charge is 0.467 e. The number of aromatic nitrogens is 6. The highest BCUT2D eigenvalue weighted by Crippen LogP contribution is 2.38. The first kappa shape index (κ1) is 22.3. The van der Waals surface area contributed by atoms with Crippen molar-refractivity contribution in [2.45, 2.75) is 38.1 Å². The molecule has 1 saturated heterocycles. The van der Waals surface area contributed by atoms with Gasteiger partial charge in [0.1, 0.15) is 5.82 Å². The molecule has 1 fully saturated rings. The van der Waals surface area contributed by atoms with Crippen molar-refractivity contribution in [2.75, 3.05) is 25.5 Å². The molecule has 2 aliphatic rings. The molecule has 0 aromatic carbocycles. The van der Waals surface area contributed by atoms with Gasteiger partial charge in [-0.2, -0.15) is 4.98 Å². The Balaban J connectivity index is 1.19. The fourth-order valence-electron chi connectivity index (χ4n) is 5.06. The van der Waals surface area contributed by atoms with E-state index in [0.717, 1.165) is 53.7 Å². The number of amides is 1. The standard InChI is InChI=1S/C25H25FN8O2/c1-15-17(23-30-20-5-3-4-9-34(20)32-23)11-16-6-7-25(31-22(16)28-15)8-10-33(14-25)21(35)12-19-18(26)13-27-24(29-19)36-2/h3-5,9,11,13H,6-8,10,12,14H2,1-2H3,(H,28,31)/t25-/m0/s1. The number of pyridine rings is 2. The maximum atomic E-state index is 14.1. The topological polar surface area (TPSA) is 110 Å². The van der Waals surface area contributed by atoms with E-state index in [0.29, 0.717) is 18.9 Å². The summed E-state index contributed by atoms with van der Waals surface area (Å²) >= 11 is 0. The van der Waals surface area contributed by atoms with Crippen LogP contribution in [0.15, 0.2) is 36.7 Å². The first-order chi connectivity index (χ1) is 17.4. The third-order valence-electron chi connectivity index (χ3n) is 7.03. The van der Waals surface area contributed by atoms with Gasteiger partial charge in [0.25, 0.3) is 0 Å². The molecule has 1 N–H and O–H groups in total. The van der Waals surface area contributed by atoms with Crippen molar-refractivity contribution >= 4 is 17.4 Å². The van der Waals surface area contributed by atoms with Crippen LogP contribution in [0, 0.1) is 12.7 Å². The number of nitrogens with one attached hydrogen (secondary N) is 1. The van der Waals surface area contributed by atoms with Crippen molar-refractivity contribution in [2.24, 2.45) is 0 Å². The van der Waals surface area contributed by atoms with Crippen molar-refractivity contribution in [1.29, 1.82) is 0 Å². The molecule has 11 heteroatoms. The third-order valence-corrected chi connectivity index (χ3v) is 7.03. The zero-order valence-corrected chi connectivity index (χ0v) is 20.0. The molecule has 36 heavy (non-hydrogen) atoms. The average molecular weight is 489 g/mol. The number of anilines is 1. The van der Waals surface area contributed by atoms with E-state index in [1.165, 1.54) is 7.11 Å². The first-order valence-corrected chi connectivity index (χ1v) is 11.9. The van der Waals surface area contributed by atoms with E-state index in [4.69, 9.17) is 9.72 Å². The Labute approximate surface area is 206 Å². The lowest BCUT2D eigenvalue weighted by Crippen LogP contribution is -2.45. The van der Waals surface area contributed by atoms with E-state index >= 15 is 0 Å². The molecule has 6 rings (SSSR count). The quantitative estimate of drug-likeness (QED) is 0.467. The van der Waals surface area contributed by atoms with Gasteiger partial charge in [-0.25, -0.2) is 23.9 Å². The van der Waals surface area contributed by atoms with Gasteiger partial charge in [-0.1, -0.05) is 6.07 Å². The lowest BCUT2D eigenvalue weighted by atomic mass is 9.86. The Bertz CT molecular complexity index is 1460. The number of nitrogens with zero attached hydrogens (tertiary/aromatic N) is 7. The summed E-state index contributed by atoms with van der Waals surface area (Å²) in [5.41, 5.74) is 3.44. The van der Waals surface area contributed by atoms with Gasteiger partial charge in [-0.3, -0.25) is 4.79 Å². The Morgan fingerprint density at radius 1 is 1.25 bits per heavy atom. The highest BCUT2D eigenvalue weighted by molar-refractivity contribution is 5.79. The summed E-state index contributed by atoms with van der Waals surface area (Å²) in [4.78, 5) is 32.0. The van der Waals surface area contributed by atoms with Gasteiger partial charge in [-0.05, 0) is 49.9 Å². The van der Waals surface area contributed by atoms with Crippen molar-refractivity contribution in [3.05, 3.63) is 59.4 Å². The first-order valence-electron chi connectivity index (χ1n) is 11.9. The fraction of sp³-hybridized carbons (Fsp3) is 0.360. The predicted molar refractivity (Wildman–Crippen MR) is 129 cm³/mol. The van der Waals surface area contributed by atoms with E-state index in [2.05, 4.69) is 31.4 Å². The van der Waals surface area contributed by atoms with Crippen molar-refractivity contribution in [3.8, 4) is 17.4 Å². The van der Waals surface area contributed by atoms with Gasteiger partial charge in [0.05, 0.1) is 36.7 Å².